The van der Waals surface area contributed by atoms with E-state index in [0.717, 1.165) is 42.9 Å². The van der Waals surface area contributed by atoms with Gasteiger partial charge in [0.2, 0.25) is 5.91 Å². The normalized spacial score (nSPS) is 15.4. The zero-order valence-corrected chi connectivity index (χ0v) is 20.8. The lowest BCUT2D eigenvalue weighted by molar-refractivity contribution is -0.140. The highest BCUT2D eigenvalue weighted by Gasteiger charge is 2.26. The van der Waals surface area contributed by atoms with E-state index < -0.39 is 0 Å². The first-order chi connectivity index (χ1) is 17.6. The number of rotatable bonds is 10. The summed E-state index contributed by atoms with van der Waals surface area (Å²) in [7, 11) is 1.40. The van der Waals surface area contributed by atoms with Gasteiger partial charge in [0, 0.05) is 38.5 Å². The van der Waals surface area contributed by atoms with Crippen molar-refractivity contribution in [3.8, 4) is 11.5 Å². The van der Waals surface area contributed by atoms with E-state index in [2.05, 4.69) is 17.4 Å². The van der Waals surface area contributed by atoms with Gasteiger partial charge in [-0.25, -0.2) is 0 Å². The molecule has 0 bridgehead atoms. The van der Waals surface area contributed by atoms with Crippen molar-refractivity contribution in [3.63, 3.8) is 0 Å². The zero-order chi connectivity index (χ0) is 25.2. The molecule has 1 aliphatic rings. The summed E-state index contributed by atoms with van der Waals surface area (Å²) in [5.41, 5.74) is 3.18. The Labute approximate surface area is 213 Å². The molecule has 4 rings (SSSR count). The molecule has 0 aliphatic carbocycles. The second-order valence-corrected chi connectivity index (χ2v) is 9.03. The van der Waals surface area contributed by atoms with Gasteiger partial charge in [0.05, 0.1) is 7.11 Å². The zero-order valence-electron chi connectivity index (χ0n) is 20.8. The van der Waals surface area contributed by atoms with Crippen molar-refractivity contribution < 1.29 is 19.1 Å². The maximum atomic E-state index is 13.3. The number of carbonyl (C=O) groups excluding carboxylic acids is 2. The Bertz CT molecular complexity index is 1150. The standard InChI is InChI=1S/C30H34N2O4/c1-35-30(34)18-16-25-12-6-8-14-28(25)36-27-13-7-5-11-24(27)15-17-29(33)32-20-19-31-22-26(32)21-23-9-3-2-4-10-23/h2-14,26,31H,15-22H2,1H3. The van der Waals surface area contributed by atoms with E-state index in [1.807, 2.05) is 71.6 Å². The summed E-state index contributed by atoms with van der Waals surface area (Å²) < 4.78 is 11.1. The molecule has 1 heterocycles. The molecular weight excluding hydrogens is 452 g/mol. The molecule has 6 nitrogen and oxygen atoms in total. The Balaban J connectivity index is 1.41. The van der Waals surface area contributed by atoms with Crippen molar-refractivity contribution in [1.29, 1.82) is 0 Å². The van der Waals surface area contributed by atoms with Crippen LogP contribution in [-0.2, 0) is 33.6 Å². The molecule has 3 aromatic carbocycles. The van der Waals surface area contributed by atoms with E-state index in [4.69, 9.17) is 9.47 Å². The lowest BCUT2D eigenvalue weighted by Crippen LogP contribution is -2.54. The Kier molecular flexibility index (Phi) is 9.11. The molecular formula is C30H34N2O4. The predicted octanol–water partition coefficient (Wildman–Crippen LogP) is 4.56. The fourth-order valence-corrected chi connectivity index (χ4v) is 4.62. The van der Waals surface area contributed by atoms with E-state index in [9.17, 15) is 9.59 Å². The quantitative estimate of drug-likeness (QED) is 0.426. The summed E-state index contributed by atoms with van der Waals surface area (Å²) in [6.07, 6.45) is 2.70. The second-order valence-electron chi connectivity index (χ2n) is 9.03. The minimum atomic E-state index is -0.248. The topological polar surface area (TPSA) is 67.9 Å². The third-order valence-electron chi connectivity index (χ3n) is 6.58. The number of nitrogens with one attached hydrogen (secondary N) is 1. The first-order valence-corrected chi connectivity index (χ1v) is 12.6. The number of piperazine rings is 1. The third-order valence-corrected chi connectivity index (χ3v) is 6.58. The van der Waals surface area contributed by atoms with Crippen LogP contribution in [0.3, 0.4) is 0 Å². The molecule has 1 saturated heterocycles. The van der Waals surface area contributed by atoms with Crippen LogP contribution in [0.4, 0.5) is 0 Å². The van der Waals surface area contributed by atoms with Crippen LogP contribution in [0.2, 0.25) is 0 Å². The number of esters is 1. The van der Waals surface area contributed by atoms with Gasteiger partial charge in [-0.15, -0.1) is 0 Å². The molecule has 36 heavy (non-hydrogen) atoms. The lowest BCUT2D eigenvalue weighted by Gasteiger charge is -2.36. The van der Waals surface area contributed by atoms with Gasteiger partial charge in [-0.3, -0.25) is 9.59 Å². The van der Waals surface area contributed by atoms with Crippen molar-refractivity contribution in [2.75, 3.05) is 26.7 Å². The number of para-hydroxylation sites is 2. The summed E-state index contributed by atoms with van der Waals surface area (Å²) >= 11 is 0. The first kappa shape index (κ1) is 25.5. The van der Waals surface area contributed by atoms with Crippen LogP contribution < -0.4 is 10.1 Å². The van der Waals surface area contributed by atoms with E-state index in [-0.39, 0.29) is 17.9 Å². The van der Waals surface area contributed by atoms with Gasteiger partial charge in [0.25, 0.3) is 0 Å². The fraction of sp³-hybridized carbons (Fsp3) is 0.333. The van der Waals surface area contributed by atoms with Crippen LogP contribution in [0.5, 0.6) is 11.5 Å². The third kappa shape index (κ3) is 6.95. The average Bonchev–Trinajstić information content (AvgIpc) is 2.92. The van der Waals surface area contributed by atoms with Crippen molar-refractivity contribution in [3.05, 3.63) is 95.6 Å². The van der Waals surface area contributed by atoms with Crippen molar-refractivity contribution in [2.24, 2.45) is 0 Å². The number of carbonyl (C=O) groups is 2. The number of aryl methyl sites for hydroxylation is 2. The Morgan fingerprint density at radius 2 is 1.47 bits per heavy atom. The molecule has 0 saturated carbocycles. The number of hydrogen-bond donors (Lipinski definition) is 1. The van der Waals surface area contributed by atoms with Crippen LogP contribution in [-0.4, -0.2) is 49.6 Å². The van der Waals surface area contributed by atoms with E-state index in [1.54, 1.807) is 0 Å². The molecule has 0 aromatic heterocycles. The summed E-state index contributed by atoms with van der Waals surface area (Å²) in [4.78, 5) is 26.9. The molecule has 1 aliphatic heterocycles. The maximum Gasteiger partial charge on any atom is 0.305 e. The summed E-state index contributed by atoms with van der Waals surface area (Å²) in [6, 6.07) is 26.1. The highest BCUT2D eigenvalue weighted by Crippen LogP contribution is 2.30. The van der Waals surface area contributed by atoms with Crippen LogP contribution in [0.25, 0.3) is 0 Å². The minimum absolute atomic E-state index is 0.154. The molecule has 1 N–H and O–H groups in total. The van der Waals surface area contributed by atoms with Gasteiger partial charge < -0.3 is 19.7 Å². The number of ether oxygens (including phenoxy) is 2. The largest absolute Gasteiger partial charge is 0.469 e. The number of hydrogen-bond acceptors (Lipinski definition) is 5. The van der Waals surface area contributed by atoms with Gasteiger partial charge in [-0.1, -0.05) is 66.7 Å². The molecule has 1 atom stereocenters. The molecule has 1 unspecified atom stereocenters. The smallest absolute Gasteiger partial charge is 0.305 e. The average molecular weight is 487 g/mol. The van der Waals surface area contributed by atoms with Crippen molar-refractivity contribution in [1.82, 2.24) is 10.2 Å². The number of benzene rings is 3. The molecule has 6 heteroatoms. The Hall–Kier alpha value is -3.64. The second kappa shape index (κ2) is 12.9. The highest BCUT2D eigenvalue weighted by atomic mass is 16.5. The lowest BCUT2D eigenvalue weighted by atomic mass is 10.0. The van der Waals surface area contributed by atoms with Gasteiger partial charge in [-0.2, -0.15) is 0 Å². The van der Waals surface area contributed by atoms with Gasteiger partial charge in [0.1, 0.15) is 11.5 Å². The van der Waals surface area contributed by atoms with E-state index in [1.165, 1.54) is 12.7 Å². The Morgan fingerprint density at radius 3 is 2.14 bits per heavy atom. The van der Waals surface area contributed by atoms with Gasteiger partial charge >= 0.3 is 5.97 Å². The van der Waals surface area contributed by atoms with Crippen LogP contribution >= 0.6 is 0 Å². The van der Waals surface area contributed by atoms with Crippen LogP contribution in [0.15, 0.2) is 78.9 Å². The summed E-state index contributed by atoms with van der Waals surface area (Å²) in [6.45, 7) is 2.35. The number of nitrogens with zero attached hydrogens (tertiary/aromatic N) is 1. The first-order valence-electron chi connectivity index (χ1n) is 12.6. The van der Waals surface area contributed by atoms with Crippen molar-refractivity contribution in [2.45, 2.75) is 38.1 Å². The SMILES string of the molecule is COC(=O)CCc1ccccc1Oc1ccccc1CCC(=O)N1CCNCC1Cc1ccccc1. The maximum absolute atomic E-state index is 13.3. The van der Waals surface area contributed by atoms with E-state index >= 15 is 0 Å². The van der Waals surface area contributed by atoms with Gasteiger partial charge in [0.15, 0.2) is 0 Å². The summed E-state index contributed by atoms with van der Waals surface area (Å²) in [5.74, 6) is 1.37. The monoisotopic (exact) mass is 486 g/mol. The molecule has 1 amide bonds. The Morgan fingerprint density at radius 1 is 0.861 bits per heavy atom. The molecule has 0 spiro atoms. The van der Waals surface area contributed by atoms with Gasteiger partial charge in [-0.05, 0) is 48.1 Å². The number of amides is 1. The van der Waals surface area contributed by atoms with Crippen LogP contribution in [0, 0.1) is 0 Å². The predicted molar refractivity (Wildman–Crippen MR) is 140 cm³/mol. The number of methoxy groups -OCH3 is 1. The fourth-order valence-electron chi connectivity index (χ4n) is 4.62. The molecule has 188 valence electrons. The van der Waals surface area contributed by atoms with E-state index in [0.29, 0.717) is 31.4 Å². The highest BCUT2D eigenvalue weighted by molar-refractivity contribution is 5.77. The van der Waals surface area contributed by atoms with Crippen molar-refractivity contribution >= 4 is 11.9 Å². The van der Waals surface area contributed by atoms with Crippen LogP contribution in [0.1, 0.15) is 29.5 Å². The summed E-state index contributed by atoms with van der Waals surface area (Å²) in [5, 5.41) is 3.43. The molecule has 0 radical (unpaired) electrons. The molecule has 3 aromatic rings. The molecule has 1 fully saturated rings. The minimum Gasteiger partial charge on any atom is -0.469 e.